The lowest BCUT2D eigenvalue weighted by molar-refractivity contribution is -0.139. The van der Waals surface area contributed by atoms with Crippen LogP contribution in [-0.4, -0.2) is 37.1 Å². The number of nitrogens with zero attached hydrogens (tertiary/aromatic N) is 1. The molecule has 3 N–H and O–H groups in total. The Labute approximate surface area is 195 Å². The number of nitrogens with one attached hydrogen (secondary N) is 3. The first-order chi connectivity index (χ1) is 16.5. The Morgan fingerprint density at radius 1 is 0.912 bits per heavy atom. The molecule has 3 rings (SSSR count). The van der Waals surface area contributed by atoms with Crippen LogP contribution in [0.3, 0.4) is 0 Å². The lowest BCUT2D eigenvalue weighted by Crippen LogP contribution is -2.38. The topological polar surface area (TPSA) is 109 Å². The Kier molecular flexibility index (Phi) is 8.86. The van der Waals surface area contributed by atoms with Crippen LogP contribution in [-0.2, 0) is 20.8 Å². The fourth-order valence-electron chi connectivity index (χ4n) is 2.83. The van der Waals surface area contributed by atoms with Gasteiger partial charge in [0.15, 0.2) is 6.61 Å². The molecule has 0 aliphatic rings. The van der Waals surface area contributed by atoms with E-state index in [1.807, 2.05) is 30.3 Å². The average molecular weight is 462 g/mol. The second kappa shape index (κ2) is 12.5. The molecule has 0 aliphatic carbocycles. The molecule has 0 atom stereocenters. The molecule has 0 saturated carbocycles. The number of hydrogen-bond donors (Lipinski definition) is 3. The van der Waals surface area contributed by atoms with Crippen LogP contribution in [0.4, 0.5) is 10.1 Å². The van der Waals surface area contributed by atoms with Crippen molar-refractivity contribution in [1.29, 1.82) is 0 Å². The van der Waals surface area contributed by atoms with Crippen LogP contribution in [0.25, 0.3) is 0 Å². The van der Waals surface area contributed by atoms with Crippen molar-refractivity contribution in [3.63, 3.8) is 0 Å². The van der Waals surface area contributed by atoms with E-state index in [0.717, 1.165) is 5.56 Å². The molecular formula is C25H23FN4O4. The zero-order valence-corrected chi connectivity index (χ0v) is 18.2. The van der Waals surface area contributed by atoms with Crippen molar-refractivity contribution in [3.05, 3.63) is 95.8 Å². The predicted octanol–water partition coefficient (Wildman–Crippen LogP) is 2.65. The molecule has 3 aromatic rings. The Hall–Kier alpha value is -4.53. The maximum atomic E-state index is 12.9. The van der Waals surface area contributed by atoms with Gasteiger partial charge in [0.1, 0.15) is 11.6 Å². The quantitative estimate of drug-likeness (QED) is 0.258. The molecule has 0 bridgehead atoms. The summed E-state index contributed by atoms with van der Waals surface area (Å²) in [6.07, 6.45) is 1.96. The third kappa shape index (κ3) is 8.19. The number of hydrazone groups is 1. The summed E-state index contributed by atoms with van der Waals surface area (Å²) in [6.45, 7) is 0.0754. The van der Waals surface area contributed by atoms with Gasteiger partial charge in [0.2, 0.25) is 0 Å². The van der Waals surface area contributed by atoms with Gasteiger partial charge in [-0.3, -0.25) is 14.4 Å². The number of carbonyl (C=O) groups excluding carboxylic acids is 3. The van der Waals surface area contributed by atoms with Gasteiger partial charge in [-0.2, -0.15) is 5.10 Å². The molecule has 8 nitrogen and oxygen atoms in total. The molecule has 0 spiro atoms. The summed E-state index contributed by atoms with van der Waals surface area (Å²) in [5.41, 5.74) is 4.26. The summed E-state index contributed by atoms with van der Waals surface area (Å²) in [7, 11) is 0. The van der Waals surface area contributed by atoms with E-state index in [9.17, 15) is 18.8 Å². The van der Waals surface area contributed by atoms with Crippen LogP contribution in [0.1, 0.15) is 11.1 Å². The van der Waals surface area contributed by atoms with Gasteiger partial charge in [0.05, 0.1) is 6.21 Å². The van der Waals surface area contributed by atoms with Crippen LogP contribution in [0.15, 0.2) is 84.0 Å². The summed E-state index contributed by atoms with van der Waals surface area (Å²) in [6, 6.07) is 21.6. The van der Waals surface area contributed by atoms with Crippen molar-refractivity contribution < 1.29 is 23.5 Å². The summed E-state index contributed by atoms with van der Waals surface area (Å²) in [5, 5.41) is 8.90. The van der Waals surface area contributed by atoms with E-state index in [1.165, 1.54) is 30.5 Å². The number of benzene rings is 3. The lowest BCUT2D eigenvalue weighted by atomic mass is 10.1. The first-order valence-corrected chi connectivity index (χ1v) is 10.4. The monoisotopic (exact) mass is 462 g/mol. The zero-order chi connectivity index (χ0) is 24.2. The highest BCUT2D eigenvalue weighted by Gasteiger charge is 2.11. The molecule has 0 aliphatic heterocycles. The van der Waals surface area contributed by atoms with Crippen LogP contribution < -0.4 is 20.8 Å². The SMILES string of the molecule is O=C(COc1cccc(/C=N\NC(=O)C(=O)NCCc2ccccc2)c1)Nc1ccc(F)cc1. The van der Waals surface area contributed by atoms with Crippen molar-refractivity contribution in [2.24, 2.45) is 5.10 Å². The zero-order valence-electron chi connectivity index (χ0n) is 18.2. The average Bonchev–Trinajstić information content (AvgIpc) is 2.85. The van der Waals surface area contributed by atoms with E-state index in [-0.39, 0.29) is 6.61 Å². The molecule has 0 fully saturated rings. The van der Waals surface area contributed by atoms with Crippen LogP contribution in [0.2, 0.25) is 0 Å². The molecule has 34 heavy (non-hydrogen) atoms. The highest BCUT2D eigenvalue weighted by Crippen LogP contribution is 2.13. The molecule has 0 aromatic heterocycles. The minimum atomic E-state index is -0.880. The van der Waals surface area contributed by atoms with Crippen LogP contribution >= 0.6 is 0 Å². The molecule has 9 heteroatoms. The maximum Gasteiger partial charge on any atom is 0.329 e. The third-order valence-corrected chi connectivity index (χ3v) is 4.48. The van der Waals surface area contributed by atoms with Gasteiger partial charge >= 0.3 is 11.8 Å². The van der Waals surface area contributed by atoms with E-state index >= 15 is 0 Å². The highest BCUT2D eigenvalue weighted by atomic mass is 19.1. The standard InChI is InChI=1S/C25H23FN4O4/c26-20-9-11-21(12-10-20)29-23(31)17-34-22-8-4-7-19(15-22)16-28-30-25(33)24(32)27-14-13-18-5-2-1-3-6-18/h1-12,15-16H,13-14,17H2,(H,27,32)(H,29,31)(H,30,33)/b28-16-. The second-order valence-electron chi connectivity index (χ2n) is 7.11. The first kappa shape index (κ1) is 24.1. The molecule has 0 heterocycles. The number of ether oxygens (including phenoxy) is 1. The van der Waals surface area contributed by atoms with Crippen molar-refractivity contribution in [3.8, 4) is 5.75 Å². The number of hydrogen-bond acceptors (Lipinski definition) is 5. The molecule has 174 valence electrons. The van der Waals surface area contributed by atoms with Gasteiger partial charge in [-0.05, 0) is 53.9 Å². The second-order valence-corrected chi connectivity index (χ2v) is 7.11. The number of rotatable bonds is 9. The van der Waals surface area contributed by atoms with Gasteiger partial charge < -0.3 is 15.4 Å². The Morgan fingerprint density at radius 3 is 2.44 bits per heavy atom. The van der Waals surface area contributed by atoms with Crippen molar-refractivity contribution >= 4 is 29.6 Å². The van der Waals surface area contributed by atoms with Gasteiger partial charge in [-0.1, -0.05) is 42.5 Å². The lowest BCUT2D eigenvalue weighted by Gasteiger charge is -2.08. The normalized spacial score (nSPS) is 10.5. The molecule has 3 amide bonds. The smallest absolute Gasteiger partial charge is 0.329 e. The number of carbonyl (C=O) groups is 3. The number of amides is 3. The fraction of sp³-hybridized carbons (Fsp3) is 0.120. The summed E-state index contributed by atoms with van der Waals surface area (Å²) in [5.74, 6) is -2.06. The Balaban J connectivity index is 1.40. The number of halogens is 1. The van der Waals surface area contributed by atoms with E-state index in [2.05, 4.69) is 21.2 Å². The molecule has 0 saturated heterocycles. The predicted molar refractivity (Wildman–Crippen MR) is 126 cm³/mol. The summed E-state index contributed by atoms with van der Waals surface area (Å²) in [4.78, 5) is 35.7. The van der Waals surface area contributed by atoms with Crippen molar-refractivity contribution in [2.75, 3.05) is 18.5 Å². The molecule has 3 aromatic carbocycles. The first-order valence-electron chi connectivity index (χ1n) is 10.4. The minimum Gasteiger partial charge on any atom is -0.484 e. The summed E-state index contributed by atoms with van der Waals surface area (Å²) >= 11 is 0. The highest BCUT2D eigenvalue weighted by molar-refractivity contribution is 6.35. The summed E-state index contributed by atoms with van der Waals surface area (Å²) < 4.78 is 18.4. The molecule has 0 radical (unpaired) electrons. The Bertz CT molecular complexity index is 1150. The molecule has 0 unspecified atom stereocenters. The Morgan fingerprint density at radius 2 is 1.68 bits per heavy atom. The van der Waals surface area contributed by atoms with Crippen LogP contribution in [0, 0.1) is 5.82 Å². The number of anilines is 1. The van der Waals surface area contributed by atoms with E-state index in [1.54, 1.807) is 24.3 Å². The van der Waals surface area contributed by atoms with E-state index in [0.29, 0.717) is 30.0 Å². The van der Waals surface area contributed by atoms with Crippen molar-refractivity contribution in [2.45, 2.75) is 6.42 Å². The van der Waals surface area contributed by atoms with Gasteiger partial charge in [-0.15, -0.1) is 0 Å². The van der Waals surface area contributed by atoms with Crippen molar-refractivity contribution in [1.82, 2.24) is 10.7 Å². The van der Waals surface area contributed by atoms with Crippen LogP contribution in [0.5, 0.6) is 5.75 Å². The third-order valence-electron chi connectivity index (χ3n) is 4.48. The van der Waals surface area contributed by atoms with E-state index < -0.39 is 23.5 Å². The van der Waals surface area contributed by atoms with Gasteiger partial charge in [0, 0.05) is 12.2 Å². The fourth-order valence-corrected chi connectivity index (χ4v) is 2.83. The molecular weight excluding hydrogens is 439 g/mol. The van der Waals surface area contributed by atoms with Gasteiger partial charge in [0.25, 0.3) is 5.91 Å². The largest absolute Gasteiger partial charge is 0.484 e. The van der Waals surface area contributed by atoms with E-state index in [4.69, 9.17) is 4.74 Å². The minimum absolute atomic E-state index is 0.252. The maximum absolute atomic E-state index is 12.9. The van der Waals surface area contributed by atoms with Gasteiger partial charge in [-0.25, -0.2) is 9.82 Å².